The fourth-order valence-electron chi connectivity index (χ4n) is 4.57. The molecule has 0 saturated carbocycles. The van der Waals surface area contributed by atoms with Crippen LogP contribution in [0.15, 0.2) is 54.6 Å². The maximum Gasteiger partial charge on any atom is 0.162 e. The monoisotopic (exact) mass is 388 g/mol. The van der Waals surface area contributed by atoms with E-state index in [1.165, 1.54) is 12.8 Å². The molecule has 1 atom stereocenters. The Morgan fingerprint density at radius 1 is 0.897 bits per heavy atom. The second-order valence-electron chi connectivity index (χ2n) is 8.12. The maximum atomic E-state index is 5.51. The van der Waals surface area contributed by atoms with E-state index in [-0.39, 0.29) is 0 Å². The molecule has 5 rings (SSSR count). The van der Waals surface area contributed by atoms with Crippen molar-refractivity contribution in [2.75, 3.05) is 50.8 Å². The van der Waals surface area contributed by atoms with Gasteiger partial charge in [-0.15, -0.1) is 0 Å². The zero-order valence-electron chi connectivity index (χ0n) is 16.8. The number of benzene rings is 2. The second kappa shape index (κ2) is 8.47. The Balaban J connectivity index is 1.45. The third-order valence-electron chi connectivity index (χ3n) is 6.05. The number of para-hydroxylation sites is 1. The third-order valence-corrected chi connectivity index (χ3v) is 6.05. The van der Waals surface area contributed by atoms with Gasteiger partial charge in [-0.05, 0) is 30.9 Å². The average Bonchev–Trinajstić information content (AvgIpc) is 2.80. The fraction of sp³-hybridized carbons (Fsp3) is 0.417. The van der Waals surface area contributed by atoms with Gasteiger partial charge in [0.05, 0.1) is 18.7 Å². The molecule has 5 heteroatoms. The van der Waals surface area contributed by atoms with Gasteiger partial charge in [-0.2, -0.15) is 0 Å². The highest BCUT2D eigenvalue weighted by atomic mass is 16.5. The standard InChI is InChI=1S/C24H28N4O/c1-2-8-20(9-3-1)23-25-22-11-5-4-10-21(22)24(26-23)28-12-6-7-19(18-28)17-27-13-15-29-16-14-27/h1-5,8-11,19H,6-7,12-18H2. The molecule has 2 saturated heterocycles. The van der Waals surface area contributed by atoms with Gasteiger partial charge in [0.25, 0.3) is 0 Å². The second-order valence-corrected chi connectivity index (χ2v) is 8.12. The number of anilines is 1. The Kier molecular flexibility index (Phi) is 5.41. The minimum Gasteiger partial charge on any atom is -0.379 e. The zero-order chi connectivity index (χ0) is 19.5. The first kappa shape index (κ1) is 18.5. The molecule has 2 aromatic carbocycles. The molecule has 0 amide bonds. The van der Waals surface area contributed by atoms with E-state index in [1.807, 2.05) is 18.2 Å². The maximum absolute atomic E-state index is 5.51. The molecule has 2 aliphatic rings. The first-order valence-electron chi connectivity index (χ1n) is 10.7. The van der Waals surface area contributed by atoms with E-state index in [0.29, 0.717) is 5.92 Å². The van der Waals surface area contributed by atoms with Gasteiger partial charge in [0.1, 0.15) is 5.82 Å². The van der Waals surface area contributed by atoms with Crippen molar-refractivity contribution in [3.63, 3.8) is 0 Å². The quantitative estimate of drug-likeness (QED) is 0.679. The Morgan fingerprint density at radius 3 is 2.55 bits per heavy atom. The highest BCUT2D eigenvalue weighted by molar-refractivity contribution is 5.91. The molecule has 5 nitrogen and oxygen atoms in total. The van der Waals surface area contributed by atoms with Gasteiger partial charge < -0.3 is 9.64 Å². The molecule has 150 valence electrons. The molecule has 2 fully saturated rings. The summed E-state index contributed by atoms with van der Waals surface area (Å²) in [5.74, 6) is 2.58. The first-order chi connectivity index (χ1) is 14.4. The summed E-state index contributed by atoms with van der Waals surface area (Å²) in [6.45, 7) is 7.15. The number of rotatable bonds is 4. The summed E-state index contributed by atoms with van der Waals surface area (Å²) >= 11 is 0. The summed E-state index contributed by atoms with van der Waals surface area (Å²) in [4.78, 5) is 15.0. The van der Waals surface area contributed by atoms with E-state index >= 15 is 0 Å². The molecular formula is C24H28N4O. The zero-order valence-corrected chi connectivity index (χ0v) is 16.8. The normalized spacial score (nSPS) is 20.8. The van der Waals surface area contributed by atoms with E-state index in [2.05, 4.69) is 46.2 Å². The van der Waals surface area contributed by atoms with Crippen molar-refractivity contribution in [2.45, 2.75) is 12.8 Å². The first-order valence-corrected chi connectivity index (χ1v) is 10.7. The summed E-state index contributed by atoms with van der Waals surface area (Å²) in [6.07, 6.45) is 2.51. The molecule has 3 aromatic rings. The summed E-state index contributed by atoms with van der Waals surface area (Å²) in [5, 5.41) is 1.15. The van der Waals surface area contributed by atoms with E-state index < -0.39 is 0 Å². The molecule has 29 heavy (non-hydrogen) atoms. The van der Waals surface area contributed by atoms with E-state index in [4.69, 9.17) is 14.7 Å². The molecule has 0 spiro atoms. The SMILES string of the molecule is c1ccc(-c2nc(N3CCCC(CN4CCOCC4)C3)c3ccccc3n2)cc1. The van der Waals surface area contributed by atoms with Crippen LogP contribution in [0.25, 0.3) is 22.3 Å². The smallest absolute Gasteiger partial charge is 0.162 e. The number of aromatic nitrogens is 2. The minimum absolute atomic E-state index is 0.677. The van der Waals surface area contributed by atoms with Gasteiger partial charge in [0.2, 0.25) is 0 Å². The van der Waals surface area contributed by atoms with Crippen molar-refractivity contribution in [3.8, 4) is 11.4 Å². The number of ether oxygens (including phenoxy) is 1. The number of nitrogens with zero attached hydrogens (tertiary/aromatic N) is 4. The Bertz CT molecular complexity index is 956. The highest BCUT2D eigenvalue weighted by Gasteiger charge is 2.25. The van der Waals surface area contributed by atoms with E-state index in [0.717, 1.165) is 74.0 Å². The number of morpholine rings is 1. The van der Waals surface area contributed by atoms with Crippen LogP contribution in [0.5, 0.6) is 0 Å². The van der Waals surface area contributed by atoms with Crippen molar-refractivity contribution in [3.05, 3.63) is 54.6 Å². The fourth-order valence-corrected chi connectivity index (χ4v) is 4.57. The molecule has 0 radical (unpaired) electrons. The molecule has 2 aliphatic heterocycles. The molecule has 0 bridgehead atoms. The predicted molar refractivity (Wildman–Crippen MR) is 117 cm³/mol. The Labute approximate surface area is 172 Å². The number of hydrogen-bond acceptors (Lipinski definition) is 5. The van der Waals surface area contributed by atoms with Crippen LogP contribution >= 0.6 is 0 Å². The molecule has 1 aromatic heterocycles. The van der Waals surface area contributed by atoms with Crippen molar-refractivity contribution in [2.24, 2.45) is 5.92 Å². The summed E-state index contributed by atoms with van der Waals surface area (Å²) in [5.41, 5.74) is 2.09. The molecule has 1 unspecified atom stereocenters. The number of fused-ring (bicyclic) bond motifs is 1. The van der Waals surface area contributed by atoms with Crippen LogP contribution in [-0.4, -0.2) is 60.8 Å². The van der Waals surface area contributed by atoms with Crippen LogP contribution < -0.4 is 4.90 Å². The lowest BCUT2D eigenvalue weighted by molar-refractivity contribution is 0.0296. The van der Waals surface area contributed by atoms with Gasteiger partial charge in [0.15, 0.2) is 5.82 Å². The molecule has 0 aliphatic carbocycles. The molecular weight excluding hydrogens is 360 g/mol. The van der Waals surface area contributed by atoms with Crippen molar-refractivity contribution >= 4 is 16.7 Å². The molecule has 0 N–H and O–H groups in total. The lowest BCUT2D eigenvalue weighted by atomic mass is 9.97. The largest absolute Gasteiger partial charge is 0.379 e. The topological polar surface area (TPSA) is 41.5 Å². The number of piperidine rings is 1. The van der Waals surface area contributed by atoms with Gasteiger partial charge >= 0.3 is 0 Å². The van der Waals surface area contributed by atoms with E-state index in [1.54, 1.807) is 0 Å². The van der Waals surface area contributed by atoms with Gasteiger partial charge in [0, 0.05) is 43.7 Å². The van der Waals surface area contributed by atoms with Crippen LogP contribution in [0.4, 0.5) is 5.82 Å². The average molecular weight is 389 g/mol. The van der Waals surface area contributed by atoms with Crippen molar-refractivity contribution in [1.82, 2.24) is 14.9 Å². The van der Waals surface area contributed by atoms with Gasteiger partial charge in [-0.25, -0.2) is 9.97 Å². The van der Waals surface area contributed by atoms with Crippen LogP contribution in [0.1, 0.15) is 12.8 Å². The summed E-state index contributed by atoms with van der Waals surface area (Å²) in [6, 6.07) is 18.7. The Morgan fingerprint density at radius 2 is 1.69 bits per heavy atom. The minimum atomic E-state index is 0.677. The van der Waals surface area contributed by atoms with Crippen LogP contribution in [0.3, 0.4) is 0 Å². The highest BCUT2D eigenvalue weighted by Crippen LogP contribution is 2.30. The van der Waals surface area contributed by atoms with Crippen LogP contribution in [0.2, 0.25) is 0 Å². The number of hydrogen-bond donors (Lipinski definition) is 0. The van der Waals surface area contributed by atoms with Crippen LogP contribution in [-0.2, 0) is 4.74 Å². The van der Waals surface area contributed by atoms with Gasteiger partial charge in [-0.1, -0.05) is 42.5 Å². The lowest BCUT2D eigenvalue weighted by Gasteiger charge is -2.37. The van der Waals surface area contributed by atoms with Gasteiger partial charge in [-0.3, -0.25) is 4.90 Å². The Hall–Kier alpha value is -2.50. The summed E-state index contributed by atoms with van der Waals surface area (Å²) < 4.78 is 5.51. The summed E-state index contributed by atoms with van der Waals surface area (Å²) in [7, 11) is 0. The lowest BCUT2D eigenvalue weighted by Crippen LogP contribution is -2.44. The third kappa shape index (κ3) is 4.11. The van der Waals surface area contributed by atoms with E-state index in [9.17, 15) is 0 Å². The van der Waals surface area contributed by atoms with Crippen LogP contribution in [0, 0.1) is 5.92 Å². The predicted octanol–water partition coefficient (Wildman–Crippen LogP) is 3.85. The molecule has 3 heterocycles. The van der Waals surface area contributed by atoms with Crippen molar-refractivity contribution < 1.29 is 4.74 Å². The van der Waals surface area contributed by atoms with Crippen molar-refractivity contribution in [1.29, 1.82) is 0 Å².